The fourth-order valence-corrected chi connectivity index (χ4v) is 3.66. The number of carbonyl (C=O) groups is 1. The minimum atomic E-state index is 0.167. The van der Waals surface area contributed by atoms with Crippen molar-refractivity contribution in [2.45, 2.75) is 65.0 Å². The maximum Gasteiger partial charge on any atom is 0.219 e. The molecule has 0 bridgehead atoms. The van der Waals surface area contributed by atoms with Crippen LogP contribution >= 0.6 is 0 Å². The van der Waals surface area contributed by atoms with Gasteiger partial charge >= 0.3 is 0 Å². The van der Waals surface area contributed by atoms with Gasteiger partial charge in [0, 0.05) is 26.1 Å². The topological polar surface area (TPSA) is 32.3 Å². The van der Waals surface area contributed by atoms with Crippen LogP contribution in [0.4, 0.5) is 0 Å². The SMILES string of the molecule is CC(=O)N1CCc2cc(C(C)(C)C)cc([C@@H]3CCCN3)c2C1. The van der Waals surface area contributed by atoms with Gasteiger partial charge in [0.15, 0.2) is 0 Å². The quantitative estimate of drug-likeness (QED) is 0.863. The van der Waals surface area contributed by atoms with Crippen LogP contribution in [-0.4, -0.2) is 23.9 Å². The van der Waals surface area contributed by atoms with Crippen LogP contribution in [0.5, 0.6) is 0 Å². The van der Waals surface area contributed by atoms with Gasteiger partial charge in [-0.15, -0.1) is 0 Å². The highest BCUT2D eigenvalue weighted by atomic mass is 16.2. The van der Waals surface area contributed by atoms with E-state index in [4.69, 9.17) is 0 Å². The van der Waals surface area contributed by atoms with Gasteiger partial charge in [0.05, 0.1) is 0 Å². The van der Waals surface area contributed by atoms with Crippen molar-refractivity contribution in [2.75, 3.05) is 13.1 Å². The Morgan fingerprint density at radius 1 is 1.32 bits per heavy atom. The summed E-state index contributed by atoms with van der Waals surface area (Å²) in [6.07, 6.45) is 3.44. The molecule has 0 unspecified atom stereocenters. The lowest BCUT2D eigenvalue weighted by Gasteiger charge is -2.33. The third-order valence-corrected chi connectivity index (χ3v) is 5.12. The summed E-state index contributed by atoms with van der Waals surface area (Å²) in [5, 5.41) is 3.64. The monoisotopic (exact) mass is 300 g/mol. The van der Waals surface area contributed by atoms with E-state index < -0.39 is 0 Å². The smallest absolute Gasteiger partial charge is 0.219 e. The van der Waals surface area contributed by atoms with Crippen LogP contribution < -0.4 is 5.32 Å². The average molecular weight is 300 g/mol. The van der Waals surface area contributed by atoms with Crippen molar-refractivity contribution < 1.29 is 4.79 Å². The van der Waals surface area contributed by atoms with Gasteiger partial charge in [-0.25, -0.2) is 0 Å². The number of nitrogens with zero attached hydrogens (tertiary/aromatic N) is 1. The van der Waals surface area contributed by atoms with Crippen LogP contribution in [0.3, 0.4) is 0 Å². The molecule has 3 rings (SSSR count). The molecule has 3 heteroatoms. The second-order valence-electron chi connectivity index (χ2n) is 7.79. The van der Waals surface area contributed by atoms with Crippen molar-refractivity contribution in [1.29, 1.82) is 0 Å². The Kier molecular flexibility index (Phi) is 4.02. The van der Waals surface area contributed by atoms with E-state index in [1.54, 1.807) is 6.92 Å². The van der Waals surface area contributed by atoms with Crippen LogP contribution in [0.1, 0.15) is 68.8 Å². The van der Waals surface area contributed by atoms with E-state index in [0.29, 0.717) is 6.04 Å². The molecule has 0 aromatic heterocycles. The first-order chi connectivity index (χ1) is 10.4. The number of hydrogen-bond acceptors (Lipinski definition) is 2. The van der Waals surface area contributed by atoms with Crippen molar-refractivity contribution >= 4 is 5.91 Å². The highest BCUT2D eigenvalue weighted by Crippen LogP contribution is 2.35. The first-order valence-electron chi connectivity index (χ1n) is 8.51. The maximum absolute atomic E-state index is 11.8. The standard InChI is InChI=1S/C19H28N2O/c1-13(22)21-9-7-14-10-15(19(2,3)4)11-16(17(14)12-21)18-6-5-8-20-18/h10-11,18,20H,5-9,12H2,1-4H3/t18-/m0/s1. The van der Waals surface area contributed by atoms with Crippen molar-refractivity contribution in [3.05, 3.63) is 34.4 Å². The van der Waals surface area contributed by atoms with Crippen molar-refractivity contribution in [3.8, 4) is 0 Å². The Morgan fingerprint density at radius 2 is 2.09 bits per heavy atom. The second kappa shape index (κ2) is 5.69. The van der Waals surface area contributed by atoms with Crippen LogP contribution in [0.25, 0.3) is 0 Å². The Hall–Kier alpha value is -1.35. The van der Waals surface area contributed by atoms with Gasteiger partial charge in [-0.2, -0.15) is 0 Å². The maximum atomic E-state index is 11.8. The van der Waals surface area contributed by atoms with Gasteiger partial charge in [0.2, 0.25) is 5.91 Å². The summed E-state index contributed by atoms with van der Waals surface area (Å²) in [5.74, 6) is 0.191. The van der Waals surface area contributed by atoms with Gasteiger partial charge in [-0.3, -0.25) is 4.79 Å². The molecule has 1 aromatic rings. The van der Waals surface area contributed by atoms with Crippen LogP contribution in [-0.2, 0) is 23.2 Å². The molecular formula is C19H28N2O. The Labute approximate surface area is 134 Å². The molecule has 0 saturated carbocycles. The van der Waals surface area contributed by atoms with Crippen LogP contribution in [0, 0.1) is 0 Å². The molecular weight excluding hydrogens is 272 g/mol. The minimum Gasteiger partial charge on any atom is -0.338 e. The van der Waals surface area contributed by atoms with Gasteiger partial charge in [-0.05, 0) is 53.5 Å². The Morgan fingerprint density at radius 3 is 2.68 bits per heavy atom. The summed E-state index contributed by atoms with van der Waals surface area (Å²) in [5.41, 5.74) is 5.87. The zero-order valence-electron chi connectivity index (χ0n) is 14.3. The first kappa shape index (κ1) is 15.5. The zero-order chi connectivity index (χ0) is 15.9. The molecule has 2 aliphatic rings. The summed E-state index contributed by atoms with van der Waals surface area (Å²) < 4.78 is 0. The first-order valence-corrected chi connectivity index (χ1v) is 8.51. The van der Waals surface area contributed by atoms with Crippen LogP contribution in [0.15, 0.2) is 12.1 Å². The fraction of sp³-hybridized carbons (Fsp3) is 0.632. The van der Waals surface area contributed by atoms with Gasteiger partial charge in [-0.1, -0.05) is 32.9 Å². The van der Waals surface area contributed by atoms with E-state index in [9.17, 15) is 4.79 Å². The molecule has 1 fully saturated rings. The van der Waals surface area contributed by atoms with Gasteiger partial charge < -0.3 is 10.2 Å². The molecule has 1 saturated heterocycles. The molecule has 0 radical (unpaired) electrons. The molecule has 1 N–H and O–H groups in total. The number of fused-ring (bicyclic) bond motifs is 1. The summed E-state index contributed by atoms with van der Waals surface area (Å²) in [6.45, 7) is 11.3. The number of benzene rings is 1. The molecule has 3 nitrogen and oxygen atoms in total. The van der Waals surface area contributed by atoms with E-state index in [1.165, 1.54) is 35.1 Å². The molecule has 0 aliphatic carbocycles. The fourth-order valence-electron chi connectivity index (χ4n) is 3.66. The number of hydrogen-bond donors (Lipinski definition) is 1. The third kappa shape index (κ3) is 2.91. The minimum absolute atomic E-state index is 0.167. The molecule has 0 spiro atoms. The molecule has 1 aromatic carbocycles. The molecule has 1 amide bonds. The third-order valence-electron chi connectivity index (χ3n) is 5.12. The second-order valence-corrected chi connectivity index (χ2v) is 7.79. The van der Waals surface area contributed by atoms with Crippen molar-refractivity contribution in [1.82, 2.24) is 10.2 Å². The summed E-state index contributed by atoms with van der Waals surface area (Å²) in [6, 6.07) is 5.24. The average Bonchev–Trinajstić information content (AvgIpc) is 2.98. The predicted octanol–water partition coefficient (Wildman–Crippen LogP) is 3.31. The molecule has 120 valence electrons. The molecule has 2 heterocycles. The molecule has 22 heavy (non-hydrogen) atoms. The van der Waals surface area contributed by atoms with E-state index in [2.05, 4.69) is 38.2 Å². The lowest BCUT2D eigenvalue weighted by Crippen LogP contribution is -2.35. The highest BCUT2D eigenvalue weighted by Gasteiger charge is 2.28. The summed E-state index contributed by atoms with van der Waals surface area (Å²) in [4.78, 5) is 13.8. The number of amides is 1. The number of nitrogens with one attached hydrogen (secondary N) is 1. The highest BCUT2D eigenvalue weighted by molar-refractivity contribution is 5.73. The summed E-state index contributed by atoms with van der Waals surface area (Å²) in [7, 11) is 0. The lowest BCUT2D eigenvalue weighted by molar-refractivity contribution is -0.129. The zero-order valence-corrected chi connectivity index (χ0v) is 14.3. The van der Waals surface area contributed by atoms with E-state index in [1.807, 2.05) is 4.90 Å². The van der Waals surface area contributed by atoms with Gasteiger partial charge in [0.1, 0.15) is 0 Å². The summed E-state index contributed by atoms with van der Waals surface area (Å²) >= 11 is 0. The van der Waals surface area contributed by atoms with E-state index in [-0.39, 0.29) is 11.3 Å². The molecule has 1 atom stereocenters. The lowest BCUT2D eigenvalue weighted by atomic mass is 9.80. The Balaban J connectivity index is 2.06. The number of rotatable bonds is 1. The van der Waals surface area contributed by atoms with E-state index in [0.717, 1.165) is 26.1 Å². The normalized spacial score (nSPS) is 21.8. The Bertz CT molecular complexity index is 580. The predicted molar refractivity (Wildman–Crippen MR) is 89.9 cm³/mol. The molecule has 2 aliphatic heterocycles. The van der Waals surface area contributed by atoms with Crippen LogP contribution in [0.2, 0.25) is 0 Å². The van der Waals surface area contributed by atoms with E-state index >= 15 is 0 Å². The van der Waals surface area contributed by atoms with Crippen molar-refractivity contribution in [3.63, 3.8) is 0 Å². The number of carbonyl (C=O) groups excluding carboxylic acids is 1. The van der Waals surface area contributed by atoms with Gasteiger partial charge in [0.25, 0.3) is 0 Å². The largest absolute Gasteiger partial charge is 0.338 e. The van der Waals surface area contributed by atoms with Crippen molar-refractivity contribution in [2.24, 2.45) is 0 Å².